The summed E-state index contributed by atoms with van der Waals surface area (Å²) < 4.78 is 5.59. The first kappa shape index (κ1) is 15.5. The third-order valence-electron chi connectivity index (χ3n) is 4.24. The molecule has 4 heteroatoms. The third-order valence-corrected chi connectivity index (χ3v) is 4.24. The van der Waals surface area contributed by atoms with E-state index in [1.165, 1.54) is 44.7 Å². The van der Waals surface area contributed by atoms with Gasteiger partial charge in [-0.15, -0.1) is 0 Å². The van der Waals surface area contributed by atoms with Crippen molar-refractivity contribution in [3.05, 3.63) is 23.2 Å². The van der Waals surface area contributed by atoms with E-state index in [1.54, 1.807) is 0 Å². The second-order valence-electron chi connectivity index (χ2n) is 6.04. The Labute approximate surface area is 123 Å². The number of rotatable bonds is 6. The van der Waals surface area contributed by atoms with E-state index in [1.807, 2.05) is 13.8 Å². The van der Waals surface area contributed by atoms with Crippen LogP contribution in [-0.2, 0) is 0 Å². The lowest BCUT2D eigenvalue weighted by molar-refractivity contribution is 0.152. The fourth-order valence-corrected chi connectivity index (χ4v) is 2.88. The fraction of sp³-hybridized carbons (Fsp3) is 0.750. The Bertz CT molecular complexity index is 408. The topological polar surface area (TPSA) is 31.6 Å². The molecular weight excluding hydrogens is 250 g/mol. The average Bonchev–Trinajstić information content (AvgIpc) is 2.75. The molecule has 4 nitrogen and oxygen atoms in total. The Morgan fingerprint density at radius 3 is 2.55 bits per heavy atom. The van der Waals surface area contributed by atoms with Crippen molar-refractivity contribution in [2.75, 3.05) is 46.3 Å². The van der Waals surface area contributed by atoms with Gasteiger partial charge in [-0.1, -0.05) is 0 Å². The molecule has 1 aliphatic rings. The van der Waals surface area contributed by atoms with E-state index in [0.717, 1.165) is 18.1 Å². The lowest BCUT2D eigenvalue weighted by Crippen LogP contribution is -2.45. The molecule has 0 spiro atoms. The van der Waals surface area contributed by atoms with E-state index in [4.69, 9.17) is 4.42 Å². The Kier molecular flexibility index (Phi) is 5.64. The van der Waals surface area contributed by atoms with E-state index in [0.29, 0.717) is 6.04 Å². The van der Waals surface area contributed by atoms with Crippen LogP contribution in [0.4, 0.5) is 0 Å². The van der Waals surface area contributed by atoms with Crippen molar-refractivity contribution in [3.8, 4) is 0 Å². The molecule has 20 heavy (non-hydrogen) atoms. The molecule has 1 saturated heterocycles. The molecule has 1 aromatic heterocycles. The number of aryl methyl sites for hydroxylation is 2. The molecule has 0 bridgehead atoms. The highest BCUT2D eigenvalue weighted by Gasteiger charge is 2.14. The van der Waals surface area contributed by atoms with E-state index >= 15 is 0 Å². The monoisotopic (exact) mass is 279 g/mol. The molecule has 2 heterocycles. The van der Waals surface area contributed by atoms with E-state index in [9.17, 15) is 0 Å². The number of nitrogens with zero attached hydrogens (tertiary/aromatic N) is 2. The van der Waals surface area contributed by atoms with Crippen molar-refractivity contribution in [1.29, 1.82) is 0 Å². The maximum Gasteiger partial charge on any atom is 0.105 e. The van der Waals surface area contributed by atoms with Crippen molar-refractivity contribution in [2.45, 2.75) is 33.2 Å². The maximum absolute atomic E-state index is 5.59. The van der Waals surface area contributed by atoms with Gasteiger partial charge in [0.2, 0.25) is 0 Å². The van der Waals surface area contributed by atoms with Gasteiger partial charge < -0.3 is 19.5 Å². The summed E-state index contributed by atoms with van der Waals surface area (Å²) in [7, 11) is 2.20. The average molecular weight is 279 g/mol. The van der Waals surface area contributed by atoms with Crippen LogP contribution in [-0.4, -0.2) is 56.1 Å². The molecule has 2 rings (SSSR count). The molecule has 1 N–H and O–H groups in total. The first-order valence-electron chi connectivity index (χ1n) is 7.77. The summed E-state index contributed by atoms with van der Waals surface area (Å²) in [6, 6.07) is 2.52. The summed E-state index contributed by atoms with van der Waals surface area (Å²) >= 11 is 0. The van der Waals surface area contributed by atoms with Gasteiger partial charge in [-0.05, 0) is 53.4 Å². The third kappa shape index (κ3) is 4.33. The fourth-order valence-electron chi connectivity index (χ4n) is 2.88. The summed E-state index contributed by atoms with van der Waals surface area (Å²) in [6.07, 6.45) is 1.21. The van der Waals surface area contributed by atoms with Crippen LogP contribution in [0.2, 0.25) is 0 Å². The minimum absolute atomic E-state index is 0.375. The summed E-state index contributed by atoms with van der Waals surface area (Å²) in [5.41, 5.74) is 1.29. The van der Waals surface area contributed by atoms with Crippen LogP contribution in [0.1, 0.15) is 36.5 Å². The largest absolute Gasteiger partial charge is 0.466 e. The number of piperazine rings is 1. The highest BCUT2D eigenvalue weighted by atomic mass is 16.3. The highest BCUT2D eigenvalue weighted by Crippen LogP contribution is 2.20. The molecule has 0 saturated carbocycles. The molecular formula is C16H29N3O. The van der Waals surface area contributed by atoms with Crippen molar-refractivity contribution in [3.63, 3.8) is 0 Å². The molecule has 0 aliphatic carbocycles. The normalized spacial score (nSPS) is 19.4. The Balaban J connectivity index is 1.64. The van der Waals surface area contributed by atoms with E-state index in [-0.39, 0.29) is 0 Å². The SMILES string of the molecule is Cc1cc(C(C)NCCCN2CCN(C)CC2)c(C)o1. The quantitative estimate of drug-likeness (QED) is 0.809. The lowest BCUT2D eigenvalue weighted by Gasteiger charge is -2.32. The van der Waals surface area contributed by atoms with Gasteiger partial charge >= 0.3 is 0 Å². The van der Waals surface area contributed by atoms with Crippen molar-refractivity contribution >= 4 is 0 Å². The minimum atomic E-state index is 0.375. The smallest absolute Gasteiger partial charge is 0.105 e. The standard InChI is InChI=1S/C16H29N3O/c1-13-12-16(15(3)20-13)14(2)17-6-5-7-19-10-8-18(4)9-11-19/h12,14,17H,5-11H2,1-4H3. The molecule has 114 valence electrons. The van der Waals surface area contributed by atoms with E-state index < -0.39 is 0 Å². The second kappa shape index (κ2) is 7.25. The van der Waals surface area contributed by atoms with Gasteiger partial charge in [-0.2, -0.15) is 0 Å². The molecule has 1 aromatic rings. The van der Waals surface area contributed by atoms with Crippen LogP contribution in [0.15, 0.2) is 10.5 Å². The first-order valence-corrected chi connectivity index (χ1v) is 7.77. The number of nitrogens with one attached hydrogen (secondary N) is 1. The van der Waals surface area contributed by atoms with Crippen LogP contribution in [0.25, 0.3) is 0 Å². The number of hydrogen-bond donors (Lipinski definition) is 1. The van der Waals surface area contributed by atoms with Crippen molar-refractivity contribution in [1.82, 2.24) is 15.1 Å². The maximum atomic E-state index is 5.59. The zero-order valence-electron chi connectivity index (χ0n) is 13.4. The van der Waals surface area contributed by atoms with Crippen molar-refractivity contribution < 1.29 is 4.42 Å². The molecule has 1 unspecified atom stereocenters. The van der Waals surface area contributed by atoms with Gasteiger partial charge in [0.05, 0.1) is 0 Å². The molecule has 0 amide bonds. The number of furan rings is 1. The Morgan fingerprint density at radius 2 is 1.95 bits per heavy atom. The zero-order chi connectivity index (χ0) is 14.5. The predicted molar refractivity (Wildman–Crippen MR) is 83.2 cm³/mol. The van der Waals surface area contributed by atoms with Crippen LogP contribution in [0, 0.1) is 13.8 Å². The summed E-state index contributed by atoms with van der Waals surface area (Å²) in [5.74, 6) is 2.05. The molecule has 1 aliphatic heterocycles. The van der Waals surface area contributed by atoms with Gasteiger partial charge in [0.1, 0.15) is 11.5 Å². The van der Waals surface area contributed by atoms with Crippen molar-refractivity contribution in [2.24, 2.45) is 0 Å². The van der Waals surface area contributed by atoms with Gasteiger partial charge in [0.25, 0.3) is 0 Å². The summed E-state index contributed by atoms with van der Waals surface area (Å²) in [5, 5.41) is 3.60. The zero-order valence-corrected chi connectivity index (χ0v) is 13.4. The Hall–Kier alpha value is -0.840. The van der Waals surface area contributed by atoms with Crippen LogP contribution in [0.3, 0.4) is 0 Å². The minimum Gasteiger partial charge on any atom is -0.466 e. The summed E-state index contributed by atoms with van der Waals surface area (Å²) in [4.78, 5) is 4.97. The molecule has 1 fully saturated rings. The van der Waals surface area contributed by atoms with Crippen LogP contribution < -0.4 is 5.32 Å². The second-order valence-corrected chi connectivity index (χ2v) is 6.04. The highest BCUT2D eigenvalue weighted by molar-refractivity contribution is 5.23. The van der Waals surface area contributed by atoms with Crippen LogP contribution in [0.5, 0.6) is 0 Å². The molecule has 1 atom stereocenters. The van der Waals surface area contributed by atoms with Gasteiger partial charge in [0, 0.05) is 37.8 Å². The van der Waals surface area contributed by atoms with Gasteiger partial charge in [0.15, 0.2) is 0 Å². The number of hydrogen-bond acceptors (Lipinski definition) is 4. The van der Waals surface area contributed by atoms with Gasteiger partial charge in [-0.3, -0.25) is 0 Å². The van der Waals surface area contributed by atoms with Crippen LogP contribution >= 0.6 is 0 Å². The summed E-state index contributed by atoms with van der Waals surface area (Å²) in [6.45, 7) is 13.4. The molecule has 0 aromatic carbocycles. The molecule has 0 radical (unpaired) electrons. The van der Waals surface area contributed by atoms with Gasteiger partial charge in [-0.25, -0.2) is 0 Å². The number of likely N-dealkylation sites (N-methyl/N-ethyl adjacent to an activating group) is 1. The lowest BCUT2D eigenvalue weighted by atomic mass is 10.1. The first-order chi connectivity index (χ1) is 9.56. The van der Waals surface area contributed by atoms with E-state index in [2.05, 4.69) is 35.2 Å². The Morgan fingerprint density at radius 1 is 1.25 bits per heavy atom. The predicted octanol–water partition coefficient (Wildman–Crippen LogP) is 2.18.